The molecule has 2 amide bonds. The second-order valence-electron chi connectivity index (χ2n) is 7.27. The molecule has 176 valence electrons. The highest BCUT2D eigenvalue weighted by Gasteiger charge is 2.27. The van der Waals surface area contributed by atoms with Gasteiger partial charge < -0.3 is 20.0 Å². The second kappa shape index (κ2) is 9.65. The van der Waals surface area contributed by atoms with Gasteiger partial charge in [-0.25, -0.2) is 9.78 Å². The number of halogens is 3. The lowest BCUT2D eigenvalue weighted by atomic mass is 10.1. The molecule has 4 rings (SSSR count). The molecule has 0 saturated heterocycles. The van der Waals surface area contributed by atoms with Crippen LogP contribution in [-0.2, 0) is 11.4 Å². The van der Waals surface area contributed by atoms with E-state index in [9.17, 15) is 18.0 Å². The molecule has 0 saturated carbocycles. The summed E-state index contributed by atoms with van der Waals surface area (Å²) in [6.07, 6.45) is 0.519. The Bertz CT molecular complexity index is 1330. The lowest BCUT2D eigenvalue weighted by molar-refractivity contribution is -0.122. The molecule has 3 heterocycles. The van der Waals surface area contributed by atoms with Crippen molar-refractivity contribution in [3.8, 4) is 11.3 Å². The predicted molar refractivity (Wildman–Crippen MR) is 117 cm³/mol. The van der Waals surface area contributed by atoms with Gasteiger partial charge in [-0.1, -0.05) is 22.4 Å². The largest absolute Gasteiger partial charge is 0.405 e. The smallest absolute Gasteiger partial charge is 0.389 e. The SMILES string of the molecule is Cc1cc(CO/N=C/c2ccn3c(-c4cccc(NC(=O)NCC(F)(F)F)c4)cnc3c2)no1. The maximum Gasteiger partial charge on any atom is 0.405 e. The lowest BCUT2D eigenvalue weighted by Gasteiger charge is -2.10. The standard InChI is InChI=1S/C22H19F3N6O3/c1-14-7-18(30-34-14)12-33-28-10-15-5-6-31-19(11-26-20(31)8-15)16-3-2-4-17(9-16)29-21(32)27-13-22(23,24)25/h2-11H,12-13H2,1H3,(H2,27,29,32)/b28-10+. The maximum atomic E-state index is 12.3. The molecule has 2 N–H and O–H groups in total. The zero-order valence-electron chi connectivity index (χ0n) is 17.8. The Kier molecular flexibility index (Phi) is 6.48. The fraction of sp³-hybridized carbons (Fsp3) is 0.182. The summed E-state index contributed by atoms with van der Waals surface area (Å²) in [6.45, 7) is 0.556. The van der Waals surface area contributed by atoms with E-state index in [4.69, 9.17) is 9.36 Å². The molecule has 0 fully saturated rings. The van der Waals surface area contributed by atoms with E-state index in [-0.39, 0.29) is 6.61 Å². The molecule has 0 radical (unpaired) electrons. The van der Waals surface area contributed by atoms with Crippen LogP contribution in [0.1, 0.15) is 17.0 Å². The molecule has 3 aromatic heterocycles. The normalized spacial score (nSPS) is 11.8. The number of carbonyl (C=O) groups excluding carboxylic acids is 1. The number of oxime groups is 1. The van der Waals surface area contributed by atoms with Crippen molar-refractivity contribution in [2.24, 2.45) is 5.16 Å². The first-order valence-electron chi connectivity index (χ1n) is 10.0. The van der Waals surface area contributed by atoms with Gasteiger partial charge in [-0.2, -0.15) is 13.2 Å². The number of rotatable bonds is 7. The van der Waals surface area contributed by atoms with Crippen molar-refractivity contribution in [2.75, 3.05) is 11.9 Å². The van der Waals surface area contributed by atoms with Crippen LogP contribution >= 0.6 is 0 Å². The number of urea groups is 1. The van der Waals surface area contributed by atoms with Gasteiger partial charge in [0.15, 0.2) is 6.61 Å². The summed E-state index contributed by atoms with van der Waals surface area (Å²) in [5.41, 5.74) is 3.84. The molecule has 0 aliphatic rings. The van der Waals surface area contributed by atoms with Crippen LogP contribution in [0.2, 0.25) is 0 Å². The van der Waals surface area contributed by atoms with E-state index in [0.29, 0.717) is 28.4 Å². The molecule has 0 unspecified atom stereocenters. The van der Waals surface area contributed by atoms with Crippen LogP contribution < -0.4 is 10.6 Å². The summed E-state index contributed by atoms with van der Waals surface area (Å²) in [7, 11) is 0. The minimum Gasteiger partial charge on any atom is -0.389 e. The molecule has 4 aromatic rings. The minimum absolute atomic E-state index is 0.183. The summed E-state index contributed by atoms with van der Waals surface area (Å²) in [4.78, 5) is 21.3. The van der Waals surface area contributed by atoms with Gasteiger partial charge >= 0.3 is 12.2 Å². The Morgan fingerprint density at radius 1 is 1.26 bits per heavy atom. The monoisotopic (exact) mass is 472 g/mol. The first-order valence-corrected chi connectivity index (χ1v) is 10.0. The van der Waals surface area contributed by atoms with Gasteiger partial charge in [-0.05, 0) is 31.2 Å². The predicted octanol–water partition coefficient (Wildman–Crippen LogP) is 4.53. The number of hydrogen-bond acceptors (Lipinski definition) is 6. The number of imidazole rings is 1. The van der Waals surface area contributed by atoms with E-state index >= 15 is 0 Å². The summed E-state index contributed by atoms with van der Waals surface area (Å²) >= 11 is 0. The van der Waals surface area contributed by atoms with Crippen LogP contribution in [0.3, 0.4) is 0 Å². The number of fused-ring (bicyclic) bond motifs is 1. The van der Waals surface area contributed by atoms with E-state index < -0.39 is 18.8 Å². The minimum atomic E-state index is -4.48. The highest BCUT2D eigenvalue weighted by atomic mass is 19.4. The van der Waals surface area contributed by atoms with Gasteiger partial charge in [0.1, 0.15) is 23.6 Å². The molecule has 0 spiro atoms. The van der Waals surface area contributed by atoms with E-state index in [1.165, 1.54) is 0 Å². The third-order valence-electron chi connectivity index (χ3n) is 4.57. The highest BCUT2D eigenvalue weighted by molar-refractivity contribution is 5.90. The van der Waals surface area contributed by atoms with Crippen molar-refractivity contribution in [1.29, 1.82) is 0 Å². The molecule has 0 bridgehead atoms. The molecular weight excluding hydrogens is 453 g/mol. The van der Waals surface area contributed by atoms with Gasteiger partial charge in [0.25, 0.3) is 0 Å². The average Bonchev–Trinajstić information content (AvgIpc) is 3.40. The number of carbonyl (C=O) groups is 1. The number of aryl methyl sites for hydroxylation is 1. The van der Waals surface area contributed by atoms with Crippen LogP contribution in [0.4, 0.5) is 23.7 Å². The summed E-state index contributed by atoms with van der Waals surface area (Å²) in [5, 5.41) is 11.9. The fourth-order valence-electron chi connectivity index (χ4n) is 3.09. The summed E-state index contributed by atoms with van der Waals surface area (Å²) in [5.74, 6) is 0.689. The van der Waals surface area contributed by atoms with Crippen molar-refractivity contribution < 1.29 is 27.3 Å². The van der Waals surface area contributed by atoms with Crippen molar-refractivity contribution in [2.45, 2.75) is 19.7 Å². The van der Waals surface area contributed by atoms with Crippen LogP contribution in [0, 0.1) is 6.92 Å². The first kappa shape index (κ1) is 22.8. The zero-order chi connectivity index (χ0) is 24.1. The van der Waals surface area contributed by atoms with Crippen LogP contribution in [0.5, 0.6) is 0 Å². The maximum absolute atomic E-state index is 12.3. The Labute approximate surface area is 191 Å². The van der Waals surface area contributed by atoms with Gasteiger partial charge in [-0.15, -0.1) is 0 Å². The van der Waals surface area contributed by atoms with Crippen molar-refractivity contribution in [3.63, 3.8) is 0 Å². The molecular formula is C22H19F3N6O3. The Hall–Kier alpha value is -4.35. The number of aromatic nitrogens is 3. The van der Waals surface area contributed by atoms with Gasteiger partial charge in [-0.3, -0.25) is 4.40 Å². The third kappa shape index (κ3) is 5.91. The van der Waals surface area contributed by atoms with E-state index in [1.807, 2.05) is 16.5 Å². The summed E-state index contributed by atoms with van der Waals surface area (Å²) < 4.78 is 43.6. The Balaban J connectivity index is 1.43. The van der Waals surface area contributed by atoms with Crippen molar-refractivity contribution in [3.05, 3.63) is 71.9 Å². The Morgan fingerprint density at radius 3 is 2.88 bits per heavy atom. The lowest BCUT2D eigenvalue weighted by Crippen LogP contribution is -2.36. The average molecular weight is 472 g/mol. The second-order valence-corrected chi connectivity index (χ2v) is 7.27. The van der Waals surface area contributed by atoms with Crippen molar-refractivity contribution >= 4 is 23.6 Å². The van der Waals surface area contributed by atoms with Crippen LogP contribution in [0.25, 0.3) is 16.9 Å². The Morgan fingerprint density at radius 2 is 2.12 bits per heavy atom. The topological polar surface area (TPSA) is 106 Å². The quantitative estimate of drug-likeness (QED) is 0.304. The molecule has 1 aromatic carbocycles. The molecule has 0 aliphatic heterocycles. The molecule has 0 atom stereocenters. The van der Waals surface area contributed by atoms with Gasteiger partial charge in [0.05, 0.1) is 18.1 Å². The number of hydrogen-bond donors (Lipinski definition) is 2. The molecule has 34 heavy (non-hydrogen) atoms. The van der Waals surface area contributed by atoms with Crippen LogP contribution in [-0.4, -0.2) is 39.5 Å². The number of pyridine rings is 1. The number of nitrogens with zero attached hydrogens (tertiary/aromatic N) is 4. The highest BCUT2D eigenvalue weighted by Crippen LogP contribution is 2.24. The number of alkyl halides is 3. The first-order chi connectivity index (χ1) is 16.3. The summed E-state index contributed by atoms with van der Waals surface area (Å²) in [6, 6.07) is 11.1. The fourth-order valence-corrected chi connectivity index (χ4v) is 3.09. The number of amides is 2. The van der Waals surface area contributed by atoms with Gasteiger partial charge in [0, 0.05) is 29.1 Å². The van der Waals surface area contributed by atoms with E-state index in [0.717, 1.165) is 11.3 Å². The van der Waals surface area contributed by atoms with Gasteiger partial charge in [0.2, 0.25) is 0 Å². The number of nitrogens with one attached hydrogen (secondary N) is 2. The zero-order valence-corrected chi connectivity index (χ0v) is 17.8. The van der Waals surface area contributed by atoms with Crippen LogP contribution in [0.15, 0.2) is 64.5 Å². The molecule has 12 heteroatoms. The van der Waals surface area contributed by atoms with E-state index in [2.05, 4.69) is 20.6 Å². The molecule has 0 aliphatic carbocycles. The molecule has 9 nitrogen and oxygen atoms in total. The third-order valence-corrected chi connectivity index (χ3v) is 4.57. The number of anilines is 1. The number of benzene rings is 1. The van der Waals surface area contributed by atoms with E-state index in [1.54, 1.807) is 61.2 Å². The van der Waals surface area contributed by atoms with Crippen molar-refractivity contribution in [1.82, 2.24) is 19.9 Å².